The Kier molecular flexibility index (Phi) is 6.52. The van der Waals surface area contributed by atoms with Gasteiger partial charge in [-0.2, -0.15) is 13.2 Å². The summed E-state index contributed by atoms with van der Waals surface area (Å²) in [5.41, 5.74) is 0. The van der Waals surface area contributed by atoms with Gasteiger partial charge in [0.05, 0.1) is 6.10 Å². The second-order valence-electron chi connectivity index (χ2n) is 6.32. The summed E-state index contributed by atoms with van der Waals surface area (Å²) in [6.07, 6.45) is -2.36. The van der Waals surface area contributed by atoms with Gasteiger partial charge in [0.2, 0.25) is 0 Å². The Bertz CT molecular complexity index is 379. The summed E-state index contributed by atoms with van der Waals surface area (Å²) >= 11 is 0. The van der Waals surface area contributed by atoms with Crippen molar-refractivity contribution in [2.24, 2.45) is 5.92 Å². The molecule has 0 bridgehead atoms. The highest BCUT2D eigenvalue weighted by molar-refractivity contribution is 5.74. The number of urea groups is 1. The molecule has 0 saturated carbocycles. The van der Waals surface area contributed by atoms with Gasteiger partial charge in [0, 0.05) is 26.2 Å². The number of carbonyl (C=O) groups excluding carboxylic acids is 1. The molecule has 2 amide bonds. The minimum absolute atomic E-state index is 0.167. The Morgan fingerprint density at radius 1 is 1.26 bits per heavy atom. The zero-order valence-corrected chi connectivity index (χ0v) is 13.1. The van der Waals surface area contributed by atoms with Gasteiger partial charge in [-0.05, 0) is 44.4 Å². The highest BCUT2D eigenvalue weighted by Gasteiger charge is 2.44. The van der Waals surface area contributed by atoms with Crippen LogP contribution in [0.5, 0.6) is 0 Å². The molecule has 0 aliphatic carbocycles. The van der Waals surface area contributed by atoms with Gasteiger partial charge in [-0.25, -0.2) is 4.79 Å². The molecule has 0 radical (unpaired) electrons. The van der Waals surface area contributed by atoms with Crippen LogP contribution in [0.2, 0.25) is 0 Å². The van der Waals surface area contributed by atoms with E-state index in [-0.39, 0.29) is 38.1 Å². The summed E-state index contributed by atoms with van der Waals surface area (Å²) in [4.78, 5) is 13.5. The zero-order valence-electron chi connectivity index (χ0n) is 13.1. The third-order valence-electron chi connectivity index (χ3n) is 4.63. The fourth-order valence-electron chi connectivity index (χ4n) is 3.17. The molecule has 2 aliphatic heterocycles. The van der Waals surface area contributed by atoms with Crippen molar-refractivity contribution < 1.29 is 27.8 Å². The third-order valence-corrected chi connectivity index (χ3v) is 4.63. The van der Waals surface area contributed by atoms with Gasteiger partial charge in [-0.1, -0.05) is 0 Å². The predicted octanol–water partition coefficient (Wildman–Crippen LogP) is 2.29. The minimum atomic E-state index is -4.59. The van der Waals surface area contributed by atoms with Gasteiger partial charge >= 0.3 is 12.2 Å². The molecule has 0 aromatic rings. The van der Waals surface area contributed by atoms with Gasteiger partial charge in [0.25, 0.3) is 0 Å². The summed E-state index contributed by atoms with van der Waals surface area (Å²) in [5, 5.41) is 12.1. The Hall–Kier alpha value is -1.02. The molecule has 0 aromatic heterocycles. The van der Waals surface area contributed by atoms with E-state index < -0.39 is 18.2 Å². The van der Waals surface area contributed by atoms with Crippen LogP contribution < -0.4 is 5.32 Å². The van der Waals surface area contributed by atoms with Crippen LogP contribution in [0.15, 0.2) is 0 Å². The van der Waals surface area contributed by atoms with E-state index in [0.717, 1.165) is 32.3 Å². The van der Waals surface area contributed by atoms with Crippen LogP contribution in [-0.2, 0) is 4.74 Å². The zero-order chi connectivity index (χ0) is 16.9. The Balaban J connectivity index is 1.65. The molecule has 0 spiro atoms. The number of nitrogens with one attached hydrogen (secondary N) is 1. The summed E-state index contributed by atoms with van der Waals surface area (Å²) < 4.78 is 43.0. The number of aliphatic hydroxyl groups is 1. The normalized spacial score (nSPS) is 25.2. The molecule has 5 nitrogen and oxygen atoms in total. The van der Waals surface area contributed by atoms with Gasteiger partial charge in [-0.15, -0.1) is 0 Å². The number of amides is 2. The van der Waals surface area contributed by atoms with Crippen molar-refractivity contribution in [2.75, 3.05) is 26.2 Å². The molecule has 2 heterocycles. The first kappa shape index (κ1) is 18.3. The molecule has 2 saturated heterocycles. The summed E-state index contributed by atoms with van der Waals surface area (Å²) in [5.74, 6) is -0.824. The van der Waals surface area contributed by atoms with E-state index in [9.17, 15) is 23.1 Å². The Morgan fingerprint density at radius 3 is 2.52 bits per heavy atom. The lowest BCUT2D eigenvalue weighted by molar-refractivity contribution is -0.222. The fraction of sp³-hybridized carbons (Fsp3) is 0.933. The number of hydrogen-bond acceptors (Lipinski definition) is 3. The van der Waals surface area contributed by atoms with Crippen LogP contribution >= 0.6 is 0 Å². The molecular formula is C15H25F3N2O3. The Morgan fingerprint density at radius 2 is 1.96 bits per heavy atom. The smallest absolute Gasteiger partial charge is 0.383 e. The number of aliphatic hydroxyl groups excluding tert-OH is 1. The highest BCUT2D eigenvalue weighted by atomic mass is 19.4. The lowest BCUT2D eigenvalue weighted by Gasteiger charge is -2.34. The number of halogens is 3. The van der Waals surface area contributed by atoms with Crippen molar-refractivity contribution in [2.45, 2.75) is 56.9 Å². The van der Waals surface area contributed by atoms with Crippen molar-refractivity contribution in [1.29, 1.82) is 0 Å². The first-order valence-electron chi connectivity index (χ1n) is 8.27. The van der Waals surface area contributed by atoms with E-state index in [4.69, 9.17) is 4.74 Å². The van der Waals surface area contributed by atoms with Gasteiger partial charge in [0.15, 0.2) is 6.10 Å². The number of nitrogens with zero attached hydrogens (tertiary/aromatic N) is 1. The van der Waals surface area contributed by atoms with Crippen LogP contribution in [0, 0.1) is 5.92 Å². The number of carbonyl (C=O) groups is 1. The number of ether oxygens (including phenoxy) is 1. The minimum Gasteiger partial charge on any atom is -0.383 e. The van der Waals surface area contributed by atoms with E-state index in [1.54, 1.807) is 0 Å². The maximum Gasteiger partial charge on any atom is 0.414 e. The second kappa shape index (κ2) is 8.19. The van der Waals surface area contributed by atoms with Gasteiger partial charge in [0.1, 0.15) is 0 Å². The molecule has 8 heteroatoms. The summed E-state index contributed by atoms with van der Waals surface area (Å²) in [6, 6.07) is -0.249. The number of piperidine rings is 1. The molecule has 0 aromatic carbocycles. The van der Waals surface area contributed by atoms with E-state index in [1.165, 1.54) is 4.90 Å². The van der Waals surface area contributed by atoms with Crippen molar-refractivity contribution in [3.05, 3.63) is 0 Å². The summed E-state index contributed by atoms with van der Waals surface area (Å²) in [7, 11) is 0. The van der Waals surface area contributed by atoms with Crippen LogP contribution in [0.1, 0.15) is 38.5 Å². The van der Waals surface area contributed by atoms with Crippen LogP contribution in [-0.4, -0.2) is 60.7 Å². The van der Waals surface area contributed by atoms with E-state index in [2.05, 4.69) is 5.32 Å². The first-order chi connectivity index (χ1) is 10.9. The fourth-order valence-corrected chi connectivity index (χ4v) is 3.17. The summed E-state index contributed by atoms with van der Waals surface area (Å²) in [6.45, 7) is 1.76. The molecule has 2 N–H and O–H groups in total. The van der Waals surface area contributed by atoms with E-state index in [1.807, 2.05) is 0 Å². The molecule has 2 aliphatic rings. The maximum absolute atomic E-state index is 12.5. The third kappa shape index (κ3) is 5.53. The largest absolute Gasteiger partial charge is 0.414 e. The van der Waals surface area contributed by atoms with Crippen LogP contribution in [0.3, 0.4) is 0 Å². The monoisotopic (exact) mass is 338 g/mol. The van der Waals surface area contributed by atoms with Crippen LogP contribution in [0.25, 0.3) is 0 Å². The lowest BCUT2D eigenvalue weighted by Crippen LogP contribution is -2.48. The molecule has 2 rings (SSSR count). The predicted molar refractivity (Wildman–Crippen MR) is 78.0 cm³/mol. The quantitative estimate of drug-likeness (QED) is 0.827. The molecule has 23 heavy (non-hydrogen) atoms. The SMILES string of the molecule is O=C(NCCC1CCCCO1)N1CCC(C(O)C(F)(F)F)CC1. The molecular weight excluding hydrogens is 313 g/mol. The van der Waals surface area contributed by atoms with Crippen molar-refractivity contribution in [3.8, 4) is 0 Å². The average molecular weight is 338 g/mol. The van der Waals surface area contributed by atoms with Crippen molar-refractivity contribution in [3.63, 3.8) is 0 Å². The Labute approximate surface area is 134 Å². The second-order valence-corrected chi connectivity index (χ2v) is 6.32. The molecule has 2 atom stereocenters. The maximum atomic E-state index is 12.5. The lowest BCUT2D eigenvalue weighted by atomic mass is 9.91. The average Bonchev–Trinajstić information content (AvgIpc) is 2.54. The highest BCUT2D eigenvalue weighted by Crippen LogP contribution is 2.31. The number of hydrogen-bond donors (Lipinski definition) is 2. The van der Waals surface area contributed by atoms with E-state index in [0.29, 0.717) is 6.54 Å². The van der Waals surface area contributed by atoms with Gasteiger partial charge in [-0.3, -0.25) is 0 Å². The van der Waals surface area contributed by atoms with Crippen LogP contribution in [0.4, 0.5) is 18.0 Å². The number of likely N-dealkylation sites (tertiary alicyclic amines) is 1. The molecule has 134 valence electrons. The first-order valence-corrected chi connectivity index (χ1v) is 8.27. The van der Waals surface area contributed by atoms with Crippen molar-refractivity contribution in [1.82, 2.24) is 10.2 Å². The topological polar surface area (TPSA) is 61.8 Å². The van der Waals surface area contributed by atoms with E-state index >= 15 is 0 Å². The number of rotatable bonds is 4. The molecule has 2 fully saturated rings. The standard InChI is InChI=1S/C15H25F3N2O3/c16-15(17,18)13(21)11-5-8-20(9-6-11)14(22)19-7-4-12-3-1-2-10-23-12/h11-13,21H,1-10H2,(H,19,22). The molecule has 2 unspecified atom stereocenters. The van der Waals surface area contributed by atoms with Crippen molar-refractivity contribution >= 4 is 6.03 Å². The van der Waals surface area contributed by atoms with Gasteiger partial charge < -0.3 is 20.1 Å². The number of alkyl halides is 3.